The number of carbonyl (C=O) groups is 1. The summed E-state index contributed by atoms with van der Waals surface area (Å²) < 4.78 is 14.1. The van der Waals surface area contributed by atoms with Gasteiger partial charge in [-0.1, -0.05) is 23.7 Å². The number of anilines is 1. The number of benzene rings is 1. The molecule has 1 saturated heterocycles. The van der Waals surface area contributed by atoms with Crippen LogP contribution in [0.4, 0.5) is 5.69 Å². The van der Waals surface area contributed by atoms with Crippen molar-refractivity contribution in [2.75, 3.05) is 5.32 Å². The number of amides is 1. The normalized spacial score (nSPS) is 17.4. The van der Waals surface area contributed by atoms with Gasteiger partial charge < -0.3 is 19.2 Å². The zero-order valence-corrected chi connectivity index (χ0v) is 18.0. The van der Waals surface area contributed by atoms with Crippen molar-refractivity contribution in [2.24, 2.45) is 14.1 Å². The fourth-order valence-electron chi connectivity index (χ4n) is 2.95. The third-order valence-corrected chi connectivity index (χ3v) is 5.90. The van der Waals surface area contributed by atoms with Gasteiger partial charge in [-0.2, -0.15) is 0 Å². The monoisotopic (exact) mass is 419 g/mol. The van der Waals surface area contributed by atoms with Gasteiger partial charge in [-0.25, -0.2) is 4.79 Å². The highest BCUT2D eigenvalue weighted by atomic mass is 35.5. The molecule has 2 aromatic rings. The molecule has 0 saturated carbocycles. The lowest BCUT2D eigenvalue weighted by Gasteiger charge is -2.32. The van der Waals surface area contributed by atoms with Gasteiger partial charge in [0.1, 0.15) is 5.56 Å². The maximum atomic E-state index is 12.7. The van der Waals surface area contributed by atoms with Gasteiger partial charge in [0, 0.05) is 25.8 Å². The molecule has 0 radical (unpaired) electrons. The summed E-state index contributed by atoms with van der Waals surface area (Å²) in [5.41, 5.74) is -1.60. The van der Waals surface area contributed by atoms with Crippen molar-refractivity contribution >= 4 is 35.8 Å². The highest BCUT2D eigenvalue weighted by Crippen LogP contribution is 2.37. The number of halogens is 1. The van der Waals surface area contributed by atoms with Gasteiger partial charge in [-0.3, -0.25) is 14.2 Å². The van der Waals surface area contributed by atoms with E-state index in [-0.39, 0.29) is 10.6 Å². The van der Waals surface area contributed by atoms with E-state index in [1.54, 1.807) is 18.2 Å². The molecule has 3 rings (SSSR count). The van der Waals surface area contributed by atoms with Gasteiger partial charge in [-0.15, -0.1) is 0 Å². The van der Waals surface area contributed by atoms with Crippen molar-refractivity contribution in [2.45, 2.75) is 38.9 Å². The summed E-state index contributed by atoms with van der Waals surface area (Å²) in [5.74, 6) is -0.672. The third-order valence-electron chi connectivity index (χ3n) is 5.48. The molecule has 1 N–H and O–H groups in total. The predicted octanol–water partition coefficient (Wildman–Crippen LogP) is 1.29. The number of hydrogen-bond acceptors (Lipinski definition) is 5. The lowest BCUT2D eigenvalue weighted by atomic mass is 9.79. The van der Waals surface area contributed by atoms with Gasteiger partial charge in [-0.05, 0) is 33.8 Å². The van der Waals surface area contributed by atoms with E-state index in [0.29, 0.717) is 11.2 Å². The van der Waals surface area contributed by atoms with Crippen LogP contribution >= 0.6 is 11.6 Å². The predicted molar refractivity (Wildman–Crippen MR) is 112 cm³/mol. The minimum absolute atomic E-state index is 0.174. The Morgan fingerprint density at radius 2 is 1.69 bits per heavy atom. The number of carbonyl (C=O) groups excluding carboxylic acids is 1. The molecule has 0 aliphatic carbocycles. The maximum Gasteiger partial charge on any atom is 0.496 e. The molecule has 1 fully saturated rings. The Bertz CT molecular complexity index is 1090. The third kappa shape index (κ3) is 3.65. The average molecular weight is 420 g/mol. The van der Waals surface area contributed by atoms with Crippen LogP contribution in [-0.2, 0) is 23.4 Å². The van der Waals surface area contributed by atoms with Crippen LogP contribution in [0.3, 0.4) is 0 Å². The fraction of sp³-hybridized carbons (Fsp3) is 0.421. The average Bonchev–Trinajstić information content (AvgIpc) is 2.85. The van der Waals surface area contributed by atoms with Gasteiger partial charge >= 0.3 is 12.8 Å². The second kappa shape index (κ2) is 7.16. The Morgan fingerprint density at radius 3 is 2.28 bits per heavy atom. The van der Waals surface area contributed by atoms with Crippen LogP contribution in [0.25, 0.3) is 0 Å². The van der Waals surface area contributed by atoms with Crippen molar-refractivity contribution in [3.05, 3.63) is 55.8 Å². The Balaban J connectivity index is 1.93. The number of nitrogens with zero attached hydrogens (tertiary/aromatic N) is 2. The Labute approximate surface area is 173 Å². The van der Waals surface area contributed by atoms with E-state index in [1.807, 2.05) is 27.7 Å². The van der Waals surface area contributed by atoms with E-state index in [4.69, 9.17) is 20.9 Å². The second-order valence-electron chi connectivity index (χ2n) is 8.05. The minimum Gasteiger partial charge on any atom is -0.399 e. The first-order valence-corrected chi connectivity index (χ1v) is 9.45. The zero-order valence-electron chi connectivity index (χ0n) is 17.2. The molecule has 0 unspecified atom stereocenters. The first kappa shape index (κ1) is 21.4. The van der Waals surface area contributed by atoms with E-state index in [9.17, 15) is 14.4 Å². The van der Waals surface area contributed by atoms with E-state index in [2.05, 4.69) is 5.32 Å². The summed E-state index contributed by atoms with van der Waals surface area (Å²) in [7, 11) is 2.08. The number of aromatic nitrogens is 2. The quantitative estimate of drug-likeness (QED) is 0.757. The zero-order chi connectivity index (χ0) is 21.7. The van der Waals surface area contributed by atoms with Gasteiger partial charge in [0.25, 0.3) is 11.5 Å². The molecule has 29 heavy (non-hydrogen) atoms. The van der Waals surface area contributed by atoms with Crippen LogP contribution in [0.2, 0.25) is 5.02 Å². The highest BCUT2D eigenvalue weighted by Gasteiger charge is 2.52. The van der Waals surface area contributed by atoms with Crippen molar-refractivity contribution in [1.29, 1.82) is 0 Å². The fourth-order valence-corrected chi connectivity index (χ4v) is 3.21. The second-order valence-corrected chi connectivity index (χ2v) is 8.43. The molecule has 0 bridgehead atoms. The Morgan fingerprint density at radius 1 is 1.10 bits per heavy atom. The number of rotatable bonds is 3. The van der Waals surface area contributed by atoms with Crippen molar-refractivity contribution in [3.63, 3.8) is 0 Å². The van der Waals surface area contributed by atoms with Gasteiger partial charge in [0.15, 0.2) is 0 Å². The minimum atomic E-state index is -0.699. The maximum absolute atomic E-state index is 12.7. The SMILES string of the molecule is Cn1cc(C(=O)Nc2cccc(B3OC(C)(C)C(C)(C)O3)c2Cl)c(=O)n(C)c1=O. The van der Waals surface area contributed by atoms with E-state index in [1.165, 1.54) is 24.9 Å². The lowest BCUT2D eigenvalue weighted by molar-refractivity contribution is 0.00578. The number of hydrogen-bond donors (Lipinski definition) is 1. The topological polar surface area (TPSA) is 91.6 Å². The van der Waals surface area contributed by atoms with Crippen LogP contribution in [0.1, 0.15) is 38.1 Å². The molecular weight excluding hydrogens is 396 g/mol. The smallest absolute Gasteiger partial charge is 0.399 e. The summed E-state index contributed by atoms with van der Waals surface area (Å²) in [6.45, 7) is 7.73. The molecule has 154 valence electrons. The molecule has 2 heterocycles. The van der Waals surface area contributed by atoms with Crippen molar-refractivity contribution in [1.82, 2.24) is 9.13 Å². The van der Waals surface area contributed by atoms with Gasteiger partial charge in [0.05, 0.1) is 21.9 Å². The highest BCUT2D eigenvalue weighted by molar-refractivity contribution is 6.66. The largest absolute Gasteiger partial charge is 0.496 e. The number of nitrogens with one attached hydrogen (secondary N) is 1. The van der Waals surface area contributed by atoms with Crippen molar-refractivity contribution in [3.8, 4) is 0 Å². The Hall–Kier alpha value is -2.36. The molecular formula is C19H23BClN3O5. The molecule has 1 aliphatic heterocycles. The van der Waals surface area contributed by atoms with Crippen LogP contribution in [0.5, 0.6) is 0 Å². The summed E-state index contributed by atoms with van der Waals surface area (Å²) >= 11 is 6.52. The molecule has 8 nitrogen and oxygen atoms in total. The molecule has 0 atom stereocenters. The van der Waals surface area contributed by atoms with Crippen LogP contribution in [0, 0.1) is 0 Å². The summed E-state index contributed by atoms with van der Waals surface area (Å²) in [6, 6.07) is 5.08. The first-order chi connectivity index (χ1) is 13.4. The molecule has 1 amide bonds. The van der Waals surface area contributed by atoms with Crippen LogP contribution < -0.4 is 22.0 Å². The van der Waals surface area contributed by atoms with Crippen molar-refractivity contribution < 1.29 is 14.1 Å². The Kier molecular flexibility index (Phi) is 5.27. The van der Waals surface area contributed by atoms with Gasteiger partial charge in [0.2, 0.25) is 0 Å². The van der Waals surface area contributed by atoms with E-state index in [0.717, 1.165) is 4.57 Å². The summed E-state index contributed by atoms with van der Waals surface area (Å²) in [4.78, 5) is 36.8. The lowest BCUT2D eigenvalue weighted by Crippen LogP contribution is -2.41. The number of aryl methyl sites for hydroxylation is 1. The van der Waals surface area contributed by atoms with E-state index >= 15 is 0 Å². The summed E-state index contributed by atoms with van der Waals surface area (Å²) in [5, 5.41) is 2.89. The van der Waals surface area contributed by atoms with Crippen LogP contribution in [0.15, 0.2) is 34.0 Å². The first-order valence-electron chi connectivity index (χ1n) is 9.08. The van der Waals surface area contributed by atoms with E-state index < -0.39 is 35.5 Å². The molecule has 0 spiro atoms. The summed E-state index contributed by atoms with van der Waals surface area (Å²) in [6.07, 6.45) is 1.20. The molecule has 1 aliphatic rings. The van der Waals surface area contributed by atoms with Crippen LogP contribution in [-0.4, -0.2) is 33.4 Å². The molecule has 1 aromatic heterocycles. The molecule has 1 aromatic carbocycles. The molecule has 10 heteroatoms. The standard InChI is InChI=1S/C19H23BClN3O5/c1-18(2)19(3,4)29-20(28-18)12-8-7-9-13(14(12)21)22-15(25)11-10-23(5)17(27)24(6)16(11)26/h7-10H,1-6H3,(H,22,25).